The van der Waals surface area contributed by atoms with E-state index < -0.39 is 10.0 Å². The standard InChI is InChI=1S/C12H11N3O4S2/c1-21(16,17)13-7-8-4-5-9(18-8)12-14-11(15-19-12)10-3-2-6-20-10/h2-6,13H,7H2,1H3. The maximum Gasteiger partial charge on any atom is 0.293 e. The van der Waals surface area contributed by atoms with Gasteiger partial charge in [0.2, 0.25) is 15.8 Å². The summed E-state index contributed by atoms with van der Waals surface area (Å²) in [7, 11) is -3.26. The molecule has 0 radical (unpaired) electrons. The van der Waals surface area contributed by atoms with E-state index in [0.717, 1.165) is 11.1 Å². The Morgan fingerprint density at radius 3 is 2.90 bits per heavy atom. The van der Waals surface area contributed by atoms with Crippen LogP contribution in [0.2, 0.25) is 0 Å². The number of hydrogen-bond donors (Lipinski definition) is 1. The highest BCUT2D eigenvalue weighted by Gasteiger charge is 2.15. The van der Waals surface area contributed by atoms with Gasteiger partial charge < -0.3 is 8.94 Å². The fourth-order valence-corrected chi connectivity index (χ4v) is 2.67. The number of rotatable bonds is 5. The van der Waals surface area contributed by atoms with Gasteiger partial charge in [0.1, 0.15) is 5.76 Å². The fraction of sp³-hybridized carbons (Fsp3) is 0.167. The molecule has 3 aromatic heterocycles. The van der Waals surface area contributed by atoms with Crippen molar-refractivity contribution in [2.24, 2.45) is 0 Å². The summed E-state index contributed by atoms with van der Waals surface area (Å²) in [4.78, 5) is 5.14. The normalized spacial score (nSPS) is 11.9. The van der Waals surface area contributed by atoms with Crippen molar-refractivity contribution in [1.29, 1.82) is 0 Å². The summed E-state index contributed by atoms with van der Waals surface area (Å²) in [5, 5.41) is 5.81. The van der Waals surface area contributed by atoms with Crippen molar-refractivity contribution in [3.8, 4) is 22.4 Å². The van der Waals surface area contributed by atoms with Gasteiger partial charge in [0.25, 0.3) is 5.89 Å². The first kappa shape index (κ1) is 14.0. The van der Waals surface area contributed by atoms with Crippen LogP contribution < -0.4 is 4.72 Å². The number of nitrogens with one attached hydrogen (secondary N) is 1. The molecule has 3 aromatic rings. The predicted molar refractivity (Wildman–Crippen MR) is 77.0 cm³/mol. The molecule has 0 saturated heterocycles. The second-order valence-electron chi connectivity index (χ2n) is 4.26. The molecular weight excluding hydrogens is 314 g/mol. The molecule has 110 valence electrons. The number of nitrogens with zero attached hydrogens (tertiary/aromatic N) is 2. The van der Waals surface area contributed by atoms with E-state index >= 15 is 0 Å². The predicted octanol–water partition coefficient (Wildman–Crippen LogP) is 2.11. The minimum atomic E-state index is -3.26. The van der Waals surface area contributed by atoms with Gasteiger partial charge in [-0.2, -0.15) is 4.98 Å². The van der Waals surface area contributed by atoms with Crippen LogP contribution in [0.3, 0.4) is 0 Å². The maximum atomic E-state index is 11.0. The maximum absolute atomic E-state index is 11.0. The Balaban J connectivity index is 1.77. The first-order chi connectivity index (χ1) is 10.0. The zero-order chi connectivity index (χ0) is 14.9. The molecule has 21 heavy (non-hydrogen) atoms. The second kappa shape index (κ2) is 5.43. The van der Waals surface area contributed by atoms with Crippen LogP contribution in [0.15, 0.2) is 38.6 Å². The molecule has 0 bridgehead atoms. The number of furan rings is 1. The molecular formula is C12H11N3O4S2. The SMILES string of the molecule is CS(=O)(=O)NCc1ccc(-c2nc(-c3cccs3)no2)o1. The van der Waals surface area contributed by atoms with E-state index in [1.54, 1.807) is 12.1 Å². The minimum Gasteiger partial charge on any atom is -0.455 e. The van der Waals surface area contributed by atoms with Gasteiger partial charge in [-0.15, -0.1) is 11.3 Å². The molecule has 0 aliphatic carbocycles. The monoisotopic (exact) mass is 325 g/mol. The first-order valence-electron chi connectivity index (χ1n) is 5.92. The smallest absolute Gasteiger partial charge is 0.293 e. The zero-order valence-corrected chi connectivity index (χ0v) is 12.6. The third-order valence-corrected chi connectivity index (χ3v) is 4.08. The Bertz CT molecular complexity index is 834. The van der Waals surface area contributed by atoms with Crippen molar-refractivity contribution >= 4 is 21.4 Å². The molecule has 7 nitrogen and oxygen atoms in total. The summed E-state index contributed by atoms with van der Waals surface area (Å²) in [6.07, 6.45) is 1.09. The van der Waals surface area contributed by atoms with Crippen LogP contribution in [0, 0.1) is 0 Å². The summed E-state index contributed by atoms with van der Waals surface area (Å²) in [6, 6.07) is 7.11. The van der Waals surface area contributed by atoms with E-state index in [0.29, 0.717) is 17.3 Å². The van der Waals surface area contributed by atoms with Crippen molar-refractivity contribution in [1.82, 2.24) is 14.9 Å². The van der Waals surface area contributed by atoms with Gasteiger partial charge >= 0.3 is 0 Å². The third-order valence-electron chi connectivity index (χ3n) is 2.55. The molecule has 1 N–H and O–H groups in total. The van der Waals surface area contributed by atoms with Crippen molar-refractivity contribution < 1.29 is 17.4 Å². The Kier molecular flexibility index (Phi) is 3.62. The molecule has 0 aromatic carbocycles. The number of sulfonamides is 1. The molecule has 0 amide bonds. The molecule has 0 spiro atoms. The van der Waals surface area contributed by atoms with Gasteiger partial charge in [-0.1, -0.05) is 11.2 Å². The number of hydrogen-bond acceptors (Lipinski definition) is 7. The summed E-state index contributed by atoms with van der Waals surface area (Å²) in [5.41, 5.74) is 0. The van der Waals surface area contributed by atoms with Crippen LogP contribution >= 0.6 is 11.3 Å². The molecule has 3 heterocycles. The van der Waals surface area contributed by atoms with Crippen LogP contribution in [0.5, 0.6) is 0 Å². The van der Waals surface area contributed by atoms with E-state index in [1.165, 1.54) is 11.3 Å². The average Bonchev–Trinajstić information content (AvgIpc) is 3.15. The lowest BCUT2D eigenvalue weighted by Gasteiger charge is -1.97. The van der Waals surface area contributed by atoms with Crippen LogP contribution in [0.1, 0.15) is 5.76 Å². The van der Waals surface area contributed by atoms with E-state index in [4.69, 9.17) is 8.94 Å². The van der Waals surface area contributed by atoms with Crippen LogP contribution in [0.4, 0.5) is 0 Å². The first-order valence-corrected chi connectivity index (χ1v) is 8.70. The van der Waals surface area contributed by atoms with E-state index in [9.17, 15) is 8.42 Å². The van der Waals surface area contributed by atoms with Gasteiger partial charge in [-0.3, -0.25) is 0 Å². The Labute approximate surface area is 124 Å². The molecule has 9 heteroatoms. The van der Waals surface area contributed by atoms with Gasteiger partial charge in [0.15, 0.2) is 5.76 Å². The summed E-state index contributed by atoms with van der Waals surface area (Å²) >= 11 is 1.51. The van der Waals surface area contributed by atoms with Gasteiger partial charge in [0.05, 0.1) is 17.7 Å². The van der Waals surface area contributed by atoms with Crippen LogP contribution in [-0.4, -0.2) is 24.8 Å². The average molecular weight is 325 g/mol. The zero-order valence-electron chi connectivity index (χ0n) is 10.9. The van der Waals surface area contributed by atoms with Gasteiger partial charge in [-0.25, -0.2) is 13.1 Å². The topological polar surface area (TPSA) is 98.2 Å². The largest absolute Gasteiger partial charge is 0.455 e. The van der Waals surface area contributed by atoms with Crippen molar-refractivity contribution in [2.45, 2.75) is 6.54 Å². The van der Waals surface area contributed by atoms with Crippen molar-refractivity contribution in [3.63, 3.8) is 0 Å². The van der Waals surface area contributed by atoms with E-state index in [2.05, 4.69) is 14.9 Å². The lowest BCUT2D eigenvalue weighted by Crippen LogP contribution is -2.20. The molecule has 0 fully saturated rings. The second-order valence-corrected chi connectivity index (χ2v) is 7.04. The Morgan fingerprint density at radius 2 is 2.19 bits per heavy atom. The number of thiophene rings is 1. The summed E-state index contributed by atoms with van der Waals surface area (Å²) < 4.78 is 35.0. The van der Waals surface area contributed by atoms with Crippen molar-refractivity contribution in [2.75, 3.05) is 6.26 Å². The lowest BCUT2D eigenvalue weighted by molar-refractivity contribution is 0.411. The van der Waals surface area contributed by atoms with Crippen LogP contribution in [0.25, 0.3) is 22.4 Å². The summed E-state index contributed by atoms with van der Waals surface area (Å²) in [5.74, 6) is 1.61. The van der Waals surface area contributed by atoms with E-state index in [1.807, 2.05) is 17.5 Å². The third kappa shape index (κ3) is 3.38. The number of aromatic nitrogens is 2. The van der Waals surface area contributed by atoms with Crippen molar-refractivity contribution in [3.05, 3.63) is 35.4 Å². The molecule has 3 rings (SSSR count). The molecule has 0 aliphatic heterocycles. The highest BCUT2D eigenvalue weighted by Crippen LogP contribution is 2.26. The van der Waals surface area contributed by atoms with Crippen LogP contribution in [-0.2, 0) is 16.6 Å². The Hall–Kier alpha value is -1.97. The summed E-state index contributed by atoms with van der Waals surface area (Å²) in [6.45, 7) is 0.0742. The molecule has 0 aliphatic rings. The van der Waals surface area contributed by atoms with Gasteiger partial charge in [-0.05, 0) is 23.6 Å². The van der Waals surface area contributed by atoms with Gasteiger partial charge in [0, 0.05) is 0 Å². The Morgan fingerprint density at radius 1 is 1.33 bits per heavy atom. The molecule has 0 saturated carbocycles. The lowest BCUT2D eigenvalue weighted by atomic mass is 10.4. The highest BCUT2D eigenvalue weighted by molar-refractivity contribution is 7.88. The quantitative estimate of drug-likeness (QED) is 0.771. The van der Waals surface area contributed by atoms with E-state index in [-0.39, 0.29) is 12.4 Å². The minimum absolute atomic E-state index is 0.0742. The molecule has 0 unspecified atom stereocenters. The highest BCUT2D eigenvalue weighted by atomic mass is 32.2. The molecule has 0 atom stereocenters. The fourth-order valence-electron chi connectivity index (χ4n) is 1.62.